The quantitative estimate of drug-likeness (QED) is 0.349. The van der Waals surface area contributed by atoms with E-state index in [4.69, 9.17) is 4.66 Å². The van der Waals surface area contributed by atoms with E-state index in [-0.39, 0.29) is 43.4 Å². The second-order valence-corrected chi connectivity index (χ2v) is 0. The second-order valence-electron chi connectivity index (χ2n) is 0. The van der Waals surface area contributed by atoms with Crippen molar-refractivity contribution in [2.24, 2.45) is 0 Å². The largest absolute Gasteiger partial charge is 1.00 e. The topological polar surface area (TPSA) is 20.2 Å². The first-order valence-corrected chi connectivity index (χ1v) is 0.507. The summed E-state index contributed by atoms with van der Waals surface area (Å²) in [5.74, 6) is 0. The van der Waals surface area contributed by atoms with Gasteiger partial charge in [-0.25, -0.2) is 0 Å². The summed E-state index contributed by atoms with van der Waals surface area (Å²) in [6, 6.07) is 0. The minimum Gasteiger partial charge on any atom is -1.00 e. The van der Waals surface area contributed by atoms with Crippen molar-refractivity contribution in [2.75, 3.05) is 0 Å². The molecule has 24 valence electrons. The molecule has 0 spiro atoms. The summed E-state index contributed by atoms with van der Waals surface area (Å²) in [5.41, 5.74) is 0. The van der Waals surface area contributed by atoms with E-state index in [1.807, 2.05) is 0 Å². The van der Waals surface area contributed by atoms with Gasteiger partial charge < -0.3 is 1.43 Å². The van der Waals surface area contributed by atoms with Gasteiger partial charge in [0.05, 0.1) is 11.9 Å². The molecule has 0 aliphatic carbocycles. The van der Waals surface area contributed by atoms with E-state index in [2.05, 4.69) is 11.9 Å². The van der Waals surface area contributed by atoms with E-state index in [1.54, 1.807) is 0 Å². The molecular weight excluding hydrogens is 110 g/mol. The Morgan fingerprint density at radius 2 is 1.50 bits per heavy atom. The molecule has 0 rings (SSSR count). The van der Waals surface area contributed by atoms with Crippen LogP contribution in [-0.2, 0) is 0 Å². The molecule has 0 aromatic heterocycles. The summed E-state index contributed by atoms with van der Waals surface area (Å²) in [6.07, 6.45) is 0. The van der Waals surface area contributed by atoms with E-state index in [1.165, 1.54) is 0 Å². The molecule has 4 heteroatoms. The summed E-state index contributed by atoms with van der Waals surface area (Å²) >= 11 is 3.64. The van der Waals surface area contributed by atoms with E-state index >= 15 is 0 Å². The van der Waals surface area contributed by atoms with Crippen molar-refractivity contribution in [1.29, 1.82) is 0 Å². The third-order valence-corrected chi connectivity index (χ3v) is 0. The predicted octanol–water partition coefficient (Wildman–Crippen LogP) is -2.33. The zero-order chi connectivity index (χ0) is 2.00. The van der Waals surface area contributed by atoms with Crippen molar-refractivity contribution < 1.29 is 35.6 Å². The minimum absolute atomic E-state index is 0. The molecule has 0 aromatic rings. The van der Waals surface area contributed by atoms with Crippen LogP contribution in [0, 0.1) is 0 Å². The molecule has 0 radical (unpaired) electrons. The van der Waals surface area contributed by atoms with Gasteiger partial charge in [0.25, 0.3) is 0 Å². The zero-order valence-corrected chi connectivity index (χ0v) is 5.81. The first kappa shape index (κ1) is 17.7. The molecule has 0 heterocycles. The van der Waals surface area contributed by atoms with Crippen LogP contribution < -0.4 is 29.6 Å². The van der Waals surface area contributed by atoms with Gasteiger partial charge in [0.2, 0.25) is 0 Å². The van der Waals surface area contributed by atoms with Gasteiger partial charge in [-0.1, -0.05) is 0 Å². The molecule has 0 aliphatic heterocycles. The molecule has 0 saturated heterocycles. The van der Waals surface area contributed by atoms with Gasteiger partial charge in [0.15, 0.2) is 0 Å². The SMILES string of the molecule is Cl.OCl.[H-].[Na+]. The number of halogens is 2. The van der Waals surface area contributed by atoms with Crippen molar-refractivity contribution in [1.82, 2.24) is 0 Å². The van der Waals surface area contributed by atoms with Crippen LogP contribution in [0.3, 0.4) is 0 Å². The number of rotatable bonds is 0. The third kappa shape index (κ3) is 9.63. The molecule has 0 aromatic carbocycles. The monoisotopic (exact) mass is 112 g/mol. The van der Waals surface area contributed by atoms with Crippen molar-refractivity contribution in [3.63, 3.8) is 0 Å². The summed E-state index contributed by atoms with van der Waals surface area (Å²) in [5, 5.41) is 0. The smallest absolute Gasteiger partial charge is 1.00 e. The fourth-order valence-electron chi connectivity index (χ4n) is 0. The zero-order valence-electron chi connectivity index (χ0n) is 3.23. The Bertz CT molecular complexity index is 9.61. The fraction of sp³-hybridized carbons (Fsp3) is 0. The maximum Gasteiger partial charge on any atom is 1.00 e. The molecular formula is H3Cl2NaO. The van der Waals surface area contributed by atoms with E-state index < -0.39 is 0 Å². The van der Waals surface area contributed by atoms with Crippen LogP contribution in [0.15, 0.2) is 0 Å². The second kappa shape index (κ2) is 24.0. The number of hydrogen-bond acceptors (Lipinski definition) is 1. The fourth-order valence-corrected chi connectivity index (χ4v) is 0. The van der Waals surface area contributed by atoms with Crippen LogP contribution in [0.5, 0.6) is 0 Å². The van der Waals surface area contributed by atoms with Gasteiger partial charge in [0.1, 0.15) is 0 Å². The Kier molecular flexibility index (Phi) is 106. The molecule has 0 unspecified atom stereocenters. The maximum atomic E-state index is 6.47. The number of hydrogen-bond donors (Lipinski definition) is 1. The first-order chi connectivity index (χ1) is 1.00. The summed E-state index contributed by atoms with van der Waals surface area (Å²) in [7, 11) is 0. The summed E-state index contributed by atoms with van der Waals surface area (Å²) in [6.45, 7) is 0. The Morgan fingerprint density at radius 3 is 1.50 bits per heavy atom. The van der Waals surface area contributed by atoms with Gasteiger partial charge >= 0.3 is 29.6 Å². The van der Waals surface area contributed by atoms with Crippen LogP contribution in [0.1, 0.15) is 1.43 Å². The van der Waals surface area contributed by atoms with Crippen LogP contribution in [-0.4, -0.2) is 4.66 Å². The molecule has 0 saturated carbocycles. The molecule has 4 heavy (non-hydrogen) atoms. The Balaban J connectivity index is -0.00000000167. The molecule has 0 amide bonds. The van der Waals surface area contributed by atoms with Crippen molar-refractivity contribution in [3.05, 3.63) is 0 Å². The predicted molar refractivity (Wildman–Crippen MR) is 16.4 cm³/mol. The van der Waals surface area contributed by atoms with E-state index in [0.717, 1.165) is 0 Å². The summed E-state index contributed by atoms with van der Waals surface area (Å²) < 4.78 is 6.47. The summed E-state index contributed by atoms with van der Waals surface area (Å²) in [4.78, 5) is 0. The van der Waals surface area contributed by atoms with Crippen LogP contribution in [0.4, 0.5) is 0 Å². The van der Waals surface area contributed by atoms with Crippen molar-refractivity contribution in [3.8, 4) is 0 Å². The van der Waals surface area contributed by atoms with Crippen LogP contribution in [0.25, 0.3) is 0 Å². The van der Waals surface area contributed by atoms with Crippen molar-refractivity contribution in [2.45, 2.75) is 0 Å². The van der Waals surface area contributed by atoms with Crippen molar-refractivity contribution >= 4 is 24.3 Å². The van der Waals surface area contributed by atoms with Gasteiger partial charge in [0, 0.05) is 0 Å². The molecule has 1 nitrogen and oxygen atoms in total. The van der Waals surface area contributed by atoms with E-state index in [9.17, 15) is 0 Å². The molecule has 0 atom stereocenters. The van der Waals surface area contributed by atoms with Crippen LogP contribution in [0.2, 0.25) is 0 Å². The third-order valence-electron chi connectivity index (χ3n) is 0. The Labute approximate surface area is 59.7 Å². The Morgan fingerprint density at radius 1 is 1.50 bits per heavy atom. The standard InChI is InChI=1S/ClHO.ClH.Na.H/c1-2;;;/h2H;1H;;/q;;+1;-1. The van der Waals surface area contributed by atoms with E-state index in [0.29, 0.717) is 0 Å². The molecule has 0 aliphatic rings. The molecule has 0 fully saturated rings. The average molecular weight is 113 g/mol. The molecule has 0 bridgehead atoms. The molecule has 1 N–H and O–H groups in total. The average Bonchev–Trinajstić information content (AvgIpc) is 1.00. The normalized spacial score (nSPS) is 1.50. The van der Waals surface area contributed by atoms with Gasteiger partial charge in [-0.2, -0.15) is 0 Å². The van der Waals surface area contributed by atoms with Gasteiger partial charge in [-0.05, 0) is 0 Å². The van der Waals surface area contributed by atoms with Gasteiger partial charge in [-0.15, -0.1) is 12.4 Å². The Hall–Kier alpha value is 1.54. The maximum absolute atomic E-state index is 6.47. The minimum atomic E-state index is 0. The van der Waals surface area contributed by atoms with Gasteiger partial charge in [-0.3, -0.25) is 4.66 Å². The first-order valence-electron chi connectivity index (χ1n) is 0.169. The van der Waals surface area contributed by atoms with Crippen LogP contribution >= 0.6 is 24.3 Å².